The van der Waals surface area contributed by atoms with Gasteiger partial charge in [0, 0.05) is 18.6 Å². The number of hydrogen-bond donors (Lipinski definition) is 1. The van der Waals surface area contributed by atoms with Crippen molar-refractivity contribution in [3.05, 3.63) is 12.2 Å². The first kappa shape index (κ1) is 16.5. The highest BCUT2D eigenvalue weighted by molar-refractivity contribution is 5.01. The van der Waals surface area contributed by atoms with Gasteiger partial charge in [-0.3, -0.25) is 4.90 Å². The van der Waals surface area contributed by atoms with Crippen LogP contribution in [0, 0.1) is 5.92 Å². The van der Waals surface area contributed by atoms with E-state index in [-0.39, 0.29) is 18.4 Å². The molecule has 0 aromatic rings. The van der Waals surface area contributed by atoms with Crippen molar-refractivity contribution in [3.63, 3.8) is 0 Å². The van der Waals surface area contributed by atoms with Gasteiger partial charge >= 0.3 is 6.18 Å². The third-order valence-electron chi connectivity index (χ3n) is 3.37. The van der Waals surface area contributed by atoms with Gasteiger partial charge < -0.3 is 5.32 Å². The molecule has 5 heteroatoms. The smallest absolute Gasteiger partial charge is 0.308 e. The predicted octanol–water partition coefficient (Wildman–Crippen LogP) is 3.21. The van der Waals surface area contributed by atoms with E-state index in [1.807, 2.05) is 0 Å². The molecule has 0 amide bonds. The maximum Gasteiger partial charge on any atom is 0.391 e. The molecule has 2 nitrogen and oxygen atoms in total. The van der Waals surface area contributed by atoms with Crippen molar-refractivity contribution < 1.29 is 13.2 Å². The number of halogens is 3. The lowest BCUT2D eigenvalue weighted by Gasteiger charge is -2.33. The summed E-state index contributed by atoms with van der Waals surface area (Å²) >= 11 is 0. The van der Waals surface area contributed by atoms with Crippen LogP contribution in [0.3, 0.4) is 0 Å². The zero-order valence-corrected chi connectivity index (χ0v) is 12.1. The van der Waals surface area contributed by atoms with Gasteiger partial charge in [0.1, 0.15) is 0 Å². The van der Waals surface area contributed by atoms with Crippen LogP contribution in [0.2, 0.25) is 0 Å². The molecule has 0 aliphatic carbocycles. The molecule has 1 saturated heterocycles. The van der Waals surface area contributed by atoms with Crippen molar-refractivity contribution in [3.8, 4) is 0 Å². The van der Waals surface area contributed by atoms with Crippen LogP contribution < -0.4 is 5.32 Å². The molecule has 0 aromatic heterocycles. The molecule has 0 saturated carbocycles. The Hall–Kier alpha value is -0.550. The van der Waals surface area contributed by atoms with E-state index in [9.17, 15) is 13.2 Å². The predicted molar refractivity (Wildman–Crippen MR) is 72.1 cm³/mol. The summed E-state index contributed by atoms with van der Waals surface area (Å²) in [4.78, 5) is 2.06. The fourth-order valence-corrected chi connectivity index (χ4v) is 2.18. The molecule has 1 rings (SSSR count). The van der Waals surface area contributed by atoms with Gasteiger partial charge in [-0.25, -0.2) is 0 Å². The number of rotatable bonds is 4. The van der Waals surface area contributed by atoms with Crippen LogP contribution in [0.15, 0.2) is 12.2 Å². The van der Waals surface area contributed by atoms with Crippen molar-refractivity contribution >= 4 is 0 Å². The molecule has 112 valence electrons. The Morgan fingerprint density at radius 2 is 1.74 bits per heavy atom. The molecule has 0 aromatic carbocycles. The van der Waals surface area contributed by atoms with E-state index in [0.29, 0.717) is 26.2 Å². The summed E-state index contributed by atoms with van der Waals surface area (Å²) in [7, 11) is 0. The average Bonchev–Trinajstić information content (AvgIpc) is 2.25. The summed E-state index contributed by atoms with van der Waals surface area (Å²) in [6, 6.07) is 0. The van der Waals surface area contributed by atoms with Crippen LogP contribution in [0.1, 0.15) is 33.6 Å². The second-order valence-electron chi connectivity index (χ2n) is 6.45. The molecular weight excluding hydrogens is 253 g/mol. The Morgan fingerprint density at radius 1 is 1.21 bits per heavy atom. The van der Waals surface area contributed by atoms with Crippen LogP contribution in [-0.2, 0) is 0 Å². The molecule has 0 spiro atoms. The molecule has 1 fully saturated rings. The third kappa shape index (κ3) is 6.43. The maximum absolute atomic E-state index is 12.5. The standard InChI is InChI=1S/C14H25F3N2/c1-11(9-18-13(2,3)4)10-19-7-5-12(6-8-19)14(15,16)17/h12,18H,1,5-10H2,2-4H3. The number of nitrogens with one attached hydrogen (secondary N) is 1. The van der Waals surface area contributed by atoms with E-state index in [0.717, 1.165) is 5.57 Å². The zero-order chi connectivity index (χ0) is 14.7. The molecule has 0 radical (unpaired) electrons. The monoisotopic (exact) mass is 278 g/mol. The summed E-state index contributed by atoms with van der Waals surface area (Å²) in [5.41, 5.74) is 1.06. The first-order valence-corrected chi connectivity index (χ1v) is 6.79. The minimum Gasteiger partial charge on any atom is -0.308 e. The number of alkyl halides is 3. The van der Waals surface area contributed by atoms with E-state index in [1.54, 1.807) is 0 Å². The molecule has 0 unspecified atom stereocenters. The molecule has 1 heterocycles. The van der Waals surface area contributed by atoms with Crippen LogP contribution in [-0.4, -0.2) is 42.8 Å². The molecule has 1 N–H and O–H groups in total. The van der Waals surface area contributed by atoms with Gasteiger partial charge in [-0.1, -0.05) is 6.58 Å². The Balaban J connectivity index is 2.28. The van der Waals surface area contributed by atoms with Gasteiger partial charge in [-0.15, -0.1) is 0 Å². The normalized spacial score (nSPS) is 19.7. The number of piperidine rings is 1. The van der Waals surface area contributed by atoms with Crippen LogP contribution in [0.5, 0.6) is 0 Å². The molecule has 0 atom stereocenters. The second kappa shape index (κ2) is 6.27. The van der Waals surface area contributed by atoms with E-state index in [1.165, 1.54) is 0 Å². The summed E-state index contributed by atoms with van der Waals surface area (Å²) in [5.74, 6) is -1.12. The van der Waals surface area contributed by atoms with E-state index < -0.39 is 12.1 Å². The first-order valence-electron chi connectivity index (χ1n) is 6.79. The molecule has 19 heavy (non-hydrogen) atoms. The van der Waals surface area contributed by atoms with E-state index in [2.05, 4.69) is 37.6 Å². The highest BCUT2D eigenvalue weighted by Gasteiger charge is 2.40. The topological polar surface area (TPSA) is 15.3 Å². The number of likely N-dealkylation sites (tertiary alicyclic amines) is 1. The van der Waals surface area contributed by atoms with Gasteiger partial charge in [-0.05, 0) is 52.3 Å². The second-order valence-corrected chi connectivity index (χ2v) is 6.45. The number of hydrogen-bond acceptors (Lipinski definition) is 2. The zero-order valence-electron chi connectivity index (χ0n) is 12.1. The summed E-state index contributed by atoms with van der Waals surface area (Å²) in [6.07, 6.45) is -3.61. The van der Waals surface area contributed by atoms with Gasteiger partial charge in [-0.2, -0.15) is 13.2 Å². The Kier molecular flexibility index (Phi) is 5.44. The largest absolute Gasteiger partial charge is 0.391 e. The average molecular weight is 278 g/mol. The Morgan fingerprint density at radius 3 is 2.16 bits per heavy atom. The Bertz CT molecular complexity index is 297. The van der Waals surface area contributed by atoms with Crippen molar-refractivity contribution in [1.29, 1.82) is 0 Å². The van der Waals surface area contributed by atoms with Crippen molar-refractivity contribution in [2.24, 2.45) is 5.92 Å². The lowest BCUT2D eigenvalue weighted by molar-refractivity contribution is -0.184. The summed E-state index contributed by atoms with van der Waals surface area (Å²) in [6.45, 7) is 12.7. The van der Waals surface area contributed by atoms with Crippen LogP contribution in [0.25, 0.3) is 0 Å². The van der Waals surface area contributed by atoms with Gasteiger partial charge in [0.05, 0.1) is 5.92 Å². The van der Waals surface area contributed by atoms with Crippen molar-refractivity contribution in [2.45, 2.75) is 45.3 Å². The molecule has 0 bridgehead atoms. The lowest BCUT2D eigenvalue weighted by Crippen LogP contribution is -2.42. The SMILES string of the molecule is C=C(CNC(C)(C)C)CN1CCC(C(F)(F)F)CC1. The van der Waals surface area contributed by atoms with E-state index >= 15 is 0 Å². The van der Waals surface area contributed by atoms with Gasteiger partial charge in [0.15, 0.2) is 0 Å². The van der Waals surface area contributed by atoms with E-state index in [4.69, 9.17) is 0 Å². The fraction of sp³-hybridized carbons (Fsp3) is 0.857. The van der Waals surface area contributed by atoms with Crippen molar-refractivity contribution in [1.82, 2.24) is 10.2 Å². The number of nitrogens with zero attached hydrogens (tertiary/aromatic N) is 1. The third-order valence-corrected chi connectivity index (χ3v) is 3.37. The van der Waals surface area contributed by atoms with Gasteiger partial charge in [0.2, 0.25) is 0 Å². The van der Waals surface area contributed by atoms with Crippen molar-refractivity contribution in [2.75, 3.05) is 26.2 Å². The Labute approximate surface area is 114 Å². The minimum absolute atomic E-state index is 0.0339. The maximum atomic E-state index is 12.5. The molecule has 1 aliphatic heterocycles. The summed E-state index contributed by atoms with van der Waals surface area (Å²) in [5, 5.41) is 3.34. The highest BCUT2D eigenvalue weighted by Crippen LogP contribution is 2.34. The quantitative estimate of drug-likeness (QED) is 0.794. The van der Waals surface area contributed by atoms with Gasteiger partial charge in [0.25, 0.3) is 0 Å². The molecular formula is C14H25F3N2. The van der Waals surface area contributed by atoms with Crippen LogP contribution >= 0.6 is 0 Å². The van der Waals surface area contributed by atoms with Crippen LogP contribution in [0.4, 0.5) is 13.2 Å². The summed E-state index contributed by atoms with van der Waals surface area (Å²) < 4.78 is 37.6. The lowest BCUT2D eigenvalue weighted by atomic mass is 9.96. The minimum atomic E-state index is -4.03. The fourth-order valence-electron chi connectivity index (χ4n) is 2.18. The molecule has 1 aliphatic rings. The highest BCUT2D eigenvalue weighted by atomic mass is 19.4. The first-order chi connectivity index (χ1) is 8.58.